The standard InChI is InChI=1S/C19H28N4O4/c1-11(2)10-15(21-16(24)14-9-7-6-8-13(14)5)17(25)22-23-19(27)18(26)20-12(3)4/h6-9,11-12,15H,10H2,1-5H3,(H,20,26)(H,21,24)(H,22,25)(H,23,27)/t15-/m1/s1. The highest BCUT2D eigenvalue weighted by Crippen LogP contribution is 2.10. The van der Waals surface area contributed by atoms with Crippen LogP contribution >= 0.6 is 0 Å². The number of benzene rings is 1. The van der Waals surface area contributed by atoms with Crippen LogP contribution in [0.2, 0.25) is 0 Å². The van der Waals surface area contributed by atoms with Crippen LogP contribution in [0.1, 0.15) is 50.0 Å². The van der Waals surface area contributed by atoms with Crippen molar-refractivity contribution in [3.8, 4) is 0 Å². The van der Waals surface area contributed by atoms with Crippen LogP contribution in [-0.4, -0.2) is 35.7 Å². The summed E-state index contributed by atoms with van der Waals surface area (Å²) in [6, 6.07) is 5.98. The average molecular weight is 376 g/mol. The molecule has 0 unspecified atom stereocenters. The first-order valence-electron chi connectivity index (χ1n) is 8.89. The van der Waals surface area contributed by atoms with Gasteiger partial charge in [-0.2, -0.15) is 0 Å². The van der Waals surface area contributed by atoms with E-state index < -0.39 is 23.8 Å². The Morgan fingerprint density at radius 1 is 0.889 bits per heavy atom. The Morgan fingerprint density at radius 2 is 1.52 bits per heavy atom. The summed E-state index contributed by atoms with van der Waals surface area (Å²) in [6.45, 7) is 9.05. The fraction of sp³-hybridized carbons (Fsp3) is 0.474. The Hall–Kier alpha value is -2.90. The van der Waals surface area contributed by atoms with Crippen molar-refractivity contribution in [1.29, 1.82) is 0 Å². The molecule has 4 amide bonds. The van der Waals surface area contributed by atoms with E-state index in [-0.39, 0.29) is 17.9 Å². The van der Waals surface area contributed by atoms with Gasteiger partial charge >= 0.3 is 11.8 Å². The van der Waals surface area contributed by atoms with Gasteiger partial charge in [0.25, 0.3) is 11.8 Å². The Kier molecular flexibility index (Phi) is 8.44. The zero-order valence-corrected chi connectivity index (χ0v) is 16.4. The van der Waals surface area contributed by atoms with Crippen LogP contribution in [0.5, 0.6) is 0 Å². The van der Waals surface area contributed by atoms with Gasteiger partial charge in [0.05, 0.1) is 0 Å². The molecule has 8 nitrogen and oxygen atoms in total. The van der Waals surface area contributed by atoms with Crippen LogP contribution in [0, 0.1) is 12.8 Å². The first-order chi connectivity index (χ1) is 12.6. The monoisotopic (exact) mass is 376 g/mol. The molecule has 0 aliphatic carbocycles. The van der Waals surface area contributed by atoms with Crippen molar-refractivity contribution < 1.29 is 19.2 Å². The molecule has 0 saturated carbocycles. The molecule has 8 heteroatoms. The Labute approximate surface area is 159 Å². The Morgan fingerprint density at radius 3 is 2.07 bits per heavy atom. The van der Waals surface area contributed by atoms with Crippen LogP contribution in [0.4, 0.5) is 0 Å². The lowest BCUT2D eigenvalue weighted by Crippen LogP contribution is -2.55. The van der Waals surface area contributed by atoms with Gasteiger partial charge < -0.3 is 10.6 Å². The highest BCUT2D eigenvalue weighted by Gasteiger charge is 2.24. The summed E-state index contributed by atoms with van der Waals surface area (Å²) in [6.07, 6.45) is 0.373. The van der Waals surface area contributed by atoms with E-state index in [9.17, 15) is 19.2 Å². The van der Waals surface area contributed by atoms with Crippen LogP contribution in [0.25, 0.3) is 0 Å². The van der Waals surface area contributed by atoms with E-state index >= 15 is 0 Å². The van der Waals surface area contributed by atoms with Crippen molar-refractivity contribution >= 4 is 23.6 Å². The first-order valence-corrected chi connectivity index (χ1v) is 8.89. The van der Waals surface area contributed by atoms with Gasteiger partial charge in [-0.1, -0.05) is 32.0 Å². The topological polar surface area (TPSA) is 116 Å². The SMILES string of the molecule is Cc1ccccc1C(=O)N[C@H](CC(C)C)C(=O)NNC(=O)C(=O)NC(C)C. The minimum atomic E-state index is -0.981. The summed E-state index contributed by atoms with van der Waals surface area (Å²) in [5, 5.41) is 5.10. The second-order valence-electron chi connectivity index (χ2n) is 7.04. The molecule has 1 atom stereocenters. The second kappa shape index (κ2) is 10.3. The molecule has 4 N–H and O–H groups in total. The molecule has 1 aromatic rings. The number of nitrogens with one attached hydrogen (secondary N) is 4. The molecule has 0 aromatic heterocycles. The van der Waals surface area contributed by atoms with Crippen molar-refractivity contribution in [3.63, 3.8) is 0 Å². The van der Waals surface area contributed by atoms with E-state index in [4.69, 9.17) is 0 Å². The molecule has 0 heterocycles. The number of carbonyl (C=O) groups excluding carboxylic acids is 4. The highest BCUT2D eigenvalue weighted by atomic mass is 16.2. The predicted octanol–water partition coefficient (Wildman–Crippen LogP) is 0.812. The van der Waals surface area contributed by atoms with Gasteiger partial charge in [0.15, 0.2) is 0 Å². The van der Waals surface area contributed by atoms with Gasteiger partial charge in [-0.05, 0) is 44.7 Å². The van der Waals surface area contributed by atoms with Crippen LogP contribution in [0.15, 0.2) is 24.3 Å². The van der Waals surface area contributed by atoms with E-state index in [1.807, 2.05) is 19.9 Å². The van der Waals surface area contributed by atoms with Gasteiger partial charge in [-0.3, -0.25) is 30.0 Å². The minimum Gasteiger partial charge on any atom is -0.346 e. The number of amides is 4. The molecule has 0 bridgehead atoms. The quantitative estimate of drug-likeness (QED) is 0.434. The van der Waals surface area contributed by atoms with Gasteiger partial charge in [-0.15, -0.1) is 0 Å². The zero-order valence-electron chi connectivity index (χ0n) is 16.4. The van der Waals surface area contributed by atoms with Crippen molar-refractivity contribution in [2.24, 2.45) is 5.92 Å². The molecule has 0 saturated heterocycles. The molecule has 148 valence electrons. The number of hydrogen-bond donors (Lipinski definition) is 4. The fourth-order valence-electron chi connectivity index (χ4n) is 2.36. The van der Waals surface area contributed by atoms with E-state index in [2.05, 4.69) is 21.5 Å². The van der Waals surface area contributed by atoms with Gasteiger partial charge in [0, 0.05) is 11.6 Å². The lowest BCUT2D eigenvalue weighted by atomic mass is 10.0. The van der Waals surface area contributed by atoms with Crippen LogP contribution in [0.3, 0.4) is 0 Å². The fourth-order valence-corrected chi connectivity index (χ4v) is 2.36. The number of carbonyl (C=O) groups is 4. The normalized spacial score (nSPS) is 11.7. The molecule has 0 aliphatic rings. The van der Waals surface area contributed by atoms with Crippen molar-refractivity contribution in [3.05, 3.63) is 35.4 Å². The number of hydrazine groups is 1. The van der Waals surface area contributed by atoms with Crippen LogP contribution < -0.4 is 21.5 Å². The largest absolute Gasteiger partial charge is 0.346 e. The Bertz CT molecular complexity index is 701. The third-order valence-electron chi connectivity index (χ3n) is 3.64. The smallest absolute Gasteiger partial charge is 0.327 e. The molecular weight excluding hydrogens is 348 g/mol. The maximum atomic E-state index is 12.5. The lowest BCUT2D eigenvalue weighted by Gasteiger charge is -2.21. The first kappa shape index (κ1) is 22.1. The van der Waals surface area contributed by atoms with Crippen molar-refractivity contribution in [2.75, 3.05) is 0 Å². The summed E-state index contributed by atoms with van der Waals surface area (Å²) < 4.78 is 0. The van der Waals surface area contributed by atoms with Gasteiger partial charge in [-0.25, -0.2) is 0 Å². The molecule has 0 fully saturated rings. The third-order valence-corrected chi connectivity index (χ3v) is 3.64. The maximum Gasteiger partial charge on any atom is 0.327 e. The summed E-state index contributed by atoms with van der Waals surface area (Å²) >= 11 is 0. The summed E-state index contributed by atoms with van der Waals surface area (Å²) in [5.41, 5.74) is 5.52. The lowest BCUT2D eigenvalue weighted by molar-refractivity contribution is -0.141. The number of hydrogen-bond acceptors (Lipinski definition) is 4. The number of aryl methyl sites for hydroxylation is 1. The molecule has 0 radical (unpaired) electrons. The van der Waals surface area contributed by atoms with Crippen molar-refractivity contribution in [1.82, 2.24) is 21.5 Å². The maximum absolute atomic E-state index is 12.5. The van der Waals surface area contributed by atoms with Crippen molar-refractivity contribution in [2.45, 2.75) is 53.1 Å². The summed E-state index contributed by atoms with van der Waals surface area (Å²) in [5.74, 6) is -2.69. The van der Waals surface area contributed by atoms with Gasteiger partial charge in [0.2, 0.25) is 0 Å². The summed E-state index contributed by atoms with van der Waals surface area (Å²) in [7, 11) is 0. The second-order valence-corrected chi connectivity index (χ2v) is 7.04. The molecule has 1 rings (SSSR count). The van der Waals surface area contributed by atoms with Crippen LogP contribution in [-0.2, 0) is 14.4 Å². The summed E-state index contributed by atoms with van der Waals surface area (Å²) in [4.78, 5) is 48.2. The average Bonchev–Trinajstić information content (AvgIpc) is 2.57. The minimum absolute atomic E-state index is 0.123. The van der Waals surface area contributed by atoms with E-state index in [1.54, 1.807) is 39.0 Å². The number of rotatable bonds is 6. The highest BCUT2D eigenvalue weighted by molar-refractivity contribution is 6.35. The predicted molar refractivity (Wildman–Crippen MR) is 101 cm³/mol. The molecule has 0 spiro atoms. The zero-order chi connectivity index (χ0) is 20.6. The van der Waals surface area contributed by atoms with E-state index in [0.29, 0.717) is 12.0 Å². The van der Waals surface area contributed by atoms with Gasteiger partial charge in [0.1, 0.15) is 6.04 Å². The molecule has 0 aliphatic heterocycles. The molecule has 27 heavy (non-hydrogen) atoms. The van der Waals surface area contributed by atoms with E-state index in [1.165, 1.54) is 0 Å². The third kappa shape index (κ3) is 7.47. The molecule has 1 aromatic carbocycles. The van der Waals surface area contributed by atoms with E-state index in [0.717, 1.165) is 5.56 Å². The Balaban J connectivity index is 2.74. The molecular formula is C19H28N4O4.